The fourth-order valence-electron chi connectivity index (χ4n) is 2.37. The minimum atomic E-state index is 0.570. The van der Waals surface area contributed by atoms with Gasteiger partial charge in [-0.25, -0.2) is 0 Å². The van der Waals surface area contributed by atoms with Crippen LogP contribution in [-0.2, 0) is 0 Å². The van der Waals surface area contributed by atoms with Crippen LogP contribution in [0, 0.1) is 4.71 Å². The molecule has 0 aliphatic carbocycles. The number of benzene rings is 1. The van der Waals surface area contributed by atoms with Crippen molar-refractivity contribution >= 4 is 47.6 Å². The Morgan fingerprint density at radius 3 is 2.81 bits per heavy atom. The van der Waals surface area contributed by atoms with Gasteiger partial charge in [-0.1, -0.05) is 38.0 Å². The Kier molecular flexibility index (Phi) is 7.14. The number of para-hydroxylation sites is 1. The van der Waals surface area contributed by atoms with Gasteiger partial charge in [0.15, 0.2) is 4.71 Å². The van der Waals surface area contributed by atoms with Crippen molar-refractivity contribution < 1.29 is 4.42 Å². The molecule has 0 aliphatic rings. The maximum Gasteiger partial charge on any atom is 0.191 e. The van der Waals surface area contributed by atoms with Gasteiger partial charge in [-0.3, -0.25) is 0 Å². The quantitative estimate of drug-likeness (QED) is 0.255. The minimum absolute atomic E-state index is 0.570. The Morgan fingerprint density at radius 1 is 1.24 bits per heavy atom. The molecule has 1 atom stereocenters. The summed E-state index contributed by atoms with van der Waals surface area (Å²) in [5.41, 5.74) is 0.887. The van der Waals surface area contributed by atoms with E-state index in [1.807, 2.05) is 30.0 Å². The molecule has 0 saturated heterocycles. The molecule has 0 saturated carbocycles. The molecule has 0 N–H and O–H groups in total. The number of fused-ring (bicyclic) bond motifs is 1. The average molecular weight is 339 g/mol. The normalized spacial score (nSPS) is 12.7. The highest BCUT2D eigenvalue weighted by atomic mass is 32.2. The second kappa shape index (κ2) is 8.86. The Balaban J connectivity index is 2.11. The Hall–Kier alpha value is -0.450. The van der Waals surface area contributed by atoms with Gasteiger partial charge in [0.05, 0.1) is 0 Å². The number of thiol groups is 1. The summed E-state index contributed by atoms with van der Waals surface area (Å²) in [6, 6.07) is 10.1. The highest BCUT2D eigenvalue weighted by molar-refractivity contribution is 8.00. The van der Waals surface area contributed by atoms with E-state index in [-0.39, 0.29) is 0 Å². The van der Waals surface area contributed by atoms with Crippen molar-refractivity contribution in [2.24, 2.45) is 0 Å². The van der Waals surface area contributed by atoms with Crippen LogP contribution >= 0.6 is 36.6 Å². The zero-order chi connectivity index (χ0) is 15.1. The lowest BCUT2D eigenvalue weighted by molar-refractivity contribution is 0.583. The molecule has 0 spiro atoms. The summed E-state index contributed by atoms with van der Waals surface area (Å²) in [7, 11) is 0. The smallest absolute Gasteiger partial charge is 0.191 e. The second-order valence-corrected chi connectivity index (χ2v) is 7.34. The van der Waals surface area contributed by atoms with Gasteiger partial charge in [0.1, 0.15) is 5.58 Å². The Morgan fingerprint density at radius 2 is 2.05 bits per heavy atom. The number of hydrogen-bond donors (Lipinski definition) is 1. The molecule has 2 rings (SSSR count). The fourth-order valence-corrected chi connectivity index (χ4v) is 4.15. The molecule has 0 aliphatic heterocycles. The van der Waals surface area contributed by atoms with Crippen molar-refractivity contribution in [1.29, 1.82) is 0 Å². The third-order valence-corrected chi connectivity index (χ3v) is 5.56. The van der Waals surface area contributed by atoms with Gasteiger partial charge in [-0.15, -0.1) is 11.8 Å². The maximum absolute atomic E-state index is 5.62. The number of hydrogen-bond acceptors (Lipinski definition) is 4. The van der Waals surface area contributed by atoms with Gasteiger partial charge in [-0.2, -0.15) is 12.6 Å². The molecule has 21 heavy (non-hydrogen) atoms. The number of rotatable bonds is 8. The fraction of sp³-hybridized carbons (Fsp3) is 0.471. The van der Waals surface area contributed by atoms with Crippen molar-refractivity contribution in [2.75, 3.05) is 5.75 Å². The molecule has 0 fully saturated rings. The van der Waals surface area contributed by atoms with Crippen molar-refractivity contribution in [2.45, 2.75) is 49.2 Å². The van der Waals surface area contributed by atoms with Crippen molar-refractivity contribution in [3.8, 4) is 0 Å². The average Bonchev–Trinajstić information content (AvgIpc) is 2.50. The summed E-state index contributed by atoms with van der Waals surface area (Å²) in [5, 5.41) is 1.81. The molecule has 1 aromatic carbocycles. The van der Waals surface area contributed by atoms with E-state index in [1.54, 1.807) is 0 Å². The molecule has 1 unspecified atom stereocenters. The lowest BCUT2D eigenvalue weighted by Crippen LogP contribution is -2.01. The third-order valence-electron chi connectivity index (χ3n) is 3.55. The first-order valence-electron chi connectivity index (χ1n) is 7.55. The van der Waals surface area contributed by atoms with Crippen LogP contribution in [0.4, 0.5) is 0 Å². The zero-order valence-corrected chi connectivity index (χ0v) is 14.9. The summed E-state index contributed by atoms with van der Waals surface area (Å²) < 4.78 is 6.19. The van der Waals surface area contributed by atoms with Crippen LogP contribution < -0.4 is 0 Å². The largest absolute Gasteiger partial charge is 0.445 e. The number of unbranched alkanes of at least 4 members (excludes halogenated alkanes) is 2. The highest BCUT2D eigenvalue weighted by Gasteiger charge is 2.11. The summed E-state index contributed by atoms with van der Waals surface area (Å²) in [6.07, 6.45) is 6.20. The zero-order valence-electron chi connectivity index (χ0n) is 12.4. The molecule has 0 radical (unpaired) electrons. The predicted octanol–water partition coefficient (Wildman–Crippen LogP) is 6.52. The van der Waals surface area contributed by atoms with E-state index >= 15 is 0 Å². The lowest BCUT2D eigenvalue weighted by Gasteiger charge is -2.15. The van der Waals surface area contributed by atoms with Crippen LogP contribution in [0.1, 0.15) is 39.0 Å². The van der Waals surface area contributed by atoms with Crippen LogP contribution in [0.5, 0.6) is 0 Å². The molecule has 0 amide bonds. The van der Waals surface area contributed by atoms with Crippen LogP contribution in [0.3, 0.4) is 0 Å². The standard InChI is InChI=1S/C17H22OS3/c1-2-13(8-4-3-7-11-19)21-16-12-17(20)18-15-10-6-5-9-14(15)16/h5-6,9-10,12-13,19H,2-4,7-8,11H2,1H3. The molecule has 0 bridgehead atoms. The Labute approximate surface area is 141 Å². The topological polar surface area (TPSA) is 13.1 Å². The Bertz CT molecular complexity index is 621. The molecular formula is C17H22OS3. The predicted molar refractivity (Wildman–Crippen MR) is 99.3 cm³/mol. The molecule has 1 heterocycles. The second-order valence-electron chi connectivity index (χ2n) is 5.15. The molecule has 114 valence electrons. The van der Waals surface area contributed by atoms with Gasteiger partial charge in [0.25, 0.3) is 0 Å². The van der Waals surface area contributed by atoms with Gasteiger partial charge in [0.2, 0.25) is 0 Å². The van der Waals surface area contributed by atoms with Crippen molar-refractivity contribution in [1.82, 2.24) is 0 Å². The lowest BCUT2D eigenvalue weighted by atomic mass is 10.1. The van der Waals surface area contributed by atoms with Crippen molar-refractivity contribution in [3.63, 3.8) is 0 Å². The van der Waals surface area contributed by atoms with E-state index in [4.69, 9.17) is 16.6 Å². The van der Waals surface area contributed by atoms with E-state index in [0.717, 1.165) is 11.3 Å². The highest BCUT2D eigenvalue weighted by Crippen LogP contribution is 2.34. The first-order valence-corrected chi connectivity index (χ1v) is 9.47. The van der Waals surface area contributed by atoms with Gasteiger partial charge >= 0.3 is 0 Å². The summed E-state index contributed by atoms with van der Waals surface area (Å²) in [6.45, 7) is 2.26. The number of thioether (sulfide) groups is 1. The third kappa shape index (κ3) is 5.04. The molecule has 4 heteroatoms. The van der Waals surface area contributed by atoms with E-state index in [9.17, 15) is 0 Å². The van der Waals surface area contributed by atoms with E-state index in [1.165, 1.54) is 42.4 Å². The van der Waals surface area contributed by atoms with Gasteiger partial charge in [0, 0.05) is 21.6 Å². The van der Waals surface area contributed by atoms with Crippen LogP contribution in [0.25, 0.3) is 11.0 Å². The van der Waals surface area contributed by atoms with Gasteiger partial charge < -0.3 is 4.42 Å². The van der Waals surface area contributed by atoms with Crippen LogP contribution in [0.2, 0.25) is 0 Å². The van der Waals surface area contributed by atoms with Gasteiger partial charge in [-0.05, 0) is 43.3 Å². The summed E-state index contributed by atoms with van der Waals surface area (Å²) in [4.78, 5) is 1.25. The SMILES string of the molecule is CCC(CCCCCS)Sc1cc(=S)oc2ccccc12. The summed E-state index contributed by atoms with van der Waals surface area (Å²) >= 11 is 11.5. The van der Waals surface area contributed by atoms with E-state index in [0.29, 0.717) is 9.96 Å². The van der Waals surface area contributed by atoms with Crippen molar-refractivity contribution in [3.05, 3.63) is 35.0 Å². The first kappa shape index (κ1) is 16.9. The monoisotopic (exact) mass is 338 g/mol. The van der Waals surface area contributed by atoms with Crippen LogP contribution in [-0.4, -0.2) is 11.0 Å². The molecular weight excluding hydrogens is 316 g/mol. The molecule has 2 aromatic rings. The molecule has 1 nitrogen and oxygen atoms in total. The molecule has 1 aromatic heterocycles. The van der Waals surface area contributed by atoms with Crippen LogP contribution in [0.15, 0.2) is 39.6 Å². The summed E-state index contributed by atoms with van der Waals surface area (Å²) in [5.74, 6) is 0.994. The van der Waals surface area contributed by atoms with E-state index < -0.39 is 0 Å². The first-order chi connectivity index (χ1) is 10.2. The minimum Gasteiger partial charge on any atom is -0.445 e. The van der Waals surface area contributed by atoms with E-state index in [2.05, 4.69) is 31.7 Å². The maximum atomic E-state index is 5.62.